The van der Waals surface area contributed by atoms with Gasteiger partial charge in [-0.2, -0.15) is 0 Å². The summed E-state index contributed by atoms with van der Waals surface area (Å²) in [6.07, 6.45) is 70.6. The molecule has 70 heavy (non-hydrogen) atoms. The van der Waals surface area contributed by atoms with Gasteiger partial charge in [-0.1, -0.05) is 308 Å². The van der Waals surface area contributed by atoms with Crippen LogP contribution in [0.1, 0.15) is 348 Å². The van der Waals surface area contributed by atoms with Gasteiger partial charge in [0.25, 0.3) is 0 Å². The number of carbonyl (C=O) groups is 3. The van der Waals surface area contributed by atoms with E-state index < -0.39 is 6.10 Å². The van der Waals surface area contributed by atoms with E-state index in [0.29, 0.717) is 19.3 Å². The Bertz CT molecular complexity index is 1130. The molecular weight excluding hydrogens is 865 g/mol. The Kier molecular flexibility index (Phi) is 57.7. The number of ether oxygens (including phenoxy) is 3. The van der Waals surface area contributed by atoms with E-state index >= 15 is 0 Å². The molecule has 0 heterocycles. The molecular formula is C64H120O6. The van der Waals surface area contributed by atoms with Crippen LogP contribution >= 0.6 is 0 Å². The fourth-order valence-corrected chi connectivity index (χ4v) is 9.46. The minimum atomic E-state index is -0.773. The van der Waals surface area contributed by atoms with Crippen LogP contribution in [0.15, 0.2) is 24.3 Å². The van der Waals surface area contributed by atoms with E-state index in [0.717, 1.165) is 83.5 Å². The molecule has 0 bridgehead atoms. The minimum absolute atomic E-state index is 0.0717. The Morgan fingerprint density at radius 1 is 0.286 bits per heavy atom. The van der Waals surface area contributed by atoms with Crippen LogP contribution in [0.2, 0.25) is 0 Å². The zero-order valence-electron chi connectivity index (χ0n) is 47.3. The van der Waals surface area contributed by atoms with Gasteiger partial charge in [0.05, 0.1) is 0 Å². The smallest absolute Gasteiger partial charge is 0.306 e. The van der Waals surface area contributed by atoms with Crippen LogP contribution in [-0.4, -0.2) is 37.2 Å². The van der Waals surface area contributed by atoms with Crippen LogP contribution in [0.3, 0.4) is 0 Å². The SMILES string of the molecule is CCCC/C=C\C/C=C\CCCCCCCC(=O)OC(COC(=O)CCCCCCCCCCCC)COC(=O)CCCCCCCCCCCCCCCCCCCCCCCCCCCCCC. The minimum Gasteiger partial charge on any atom is -0.462 e. The Labute approximate surface area is 436 Å². The molecule has 0 aromatic rings. The second-order valence-electron chi connectivity index (χ2n) is 21.3. The van der Waals surface area contributed by atoms with Gasteiger partial charge in [-0.25, -0.2) is 0 Å². The number of esters is 3. The van der Waals surface area contributed by atoms with Crippen molar-refractivity contribution in [1.82, 2.24) is 0 Å². The monoisotopic (exact) mass is 985 g/mol. The van der Waals surface area contributed by atoms with Gasteiger partial charge in [-0.15, -0.1) is 0 Å². The standard InChI is InChI=1S/C64H120O6/c1-4-7-10-13-16-19-22-24-26-27-28-29-30-31-32-33-34-35-36-37-38-39-41-42-45-48-51-54-57-63(66)69-60-61(59-68-62(65)56-53-50-47-44-21-18-15-12-9-6-3)70-64(67)58-55-52-49-46-43-40-25-23-20-17-14-11-8-5-2/h14,17,23,25,61H,4-13,15-16,18-22,24,26-60H2,1-3H3/b17-14-,25-23-. The third-order valence-electron chi connectivity index (χ3n) is 14.2. The summed E-state index contributed by atoms with van der Waals surface area (Å²) in [7, 11) is 0. The maximum atomic E-state index is 12.8. The molecule has 412 valence electrons. The Morgan fingerprint density at radius 3 is 0.829 bits per heavy atom. The summed E-state index contributed by atoms with van der Waals surface area (Å²) in [6.45, 7) is 6.63. The third-order valence-corrected chi connectivity index (χ3v) is 14.2. The first-order valence-corrected chi connectivity index (χ1v) is 31.3. The van der Waals surface area contributed by atoms with E-state index in [-0.39, 0.29) is 31.1 Å². The highest BCUT2D eigenvalue weighted by atomic mass is 16.6. The second-order valence-corrected chi connectivity index (χ2v) is 21.3. The molecule has 0 saturated carbocycles. The van der Waals surface area contributed by atoms with E-state index in [1.54, 1.807) is 0 Å². The quantitative estimate of drug-likeness (QED) is 0.0261. The molecule has 0 aliphatic heterocycles. The zero-order chi connectivity index (χ0) is 50.7. The van der Waals surface area contributed by atoms with Crippen molar-refractivity contribution in [3.05, 3.63) is 24.3 Å². The first-order chi connectivity index (χ1) is 34.5. The Balaban J connectivity index is 4.09. The number of hydrogen-bond donors (Lipinski definition) is 0. The molecule has 1 atom stereocenters. The summed E-state index contributed by atoms with van der Waals surface area (Å²) in [5.74, 6) is -0.866. The van der Waals surface area contributed by atoms with Crippen LogP contribution in [0.5, 0.6) is 0 Å². The number of hydrogen-bond acceptors (Lipinski definition) is 6. The Hall–Kier alpha value is -2.11. The van der Waals surface area contributed by atoms with Gasteiger partial charge < -0.3 is 14.2 Å². The molecule has 0 spiro atoms. The lowest BCUT2D eigenvalue weighted by atomic mass is 10.0. The maximum Gasteiger partial charge on any atom is 0.306 e. The fourth-order valence-electron chi connectivity index (χ4n) is 9.46. The van der Waals surface area contributed by atoms with Crippen molar-refractivity contribution in [3.63, 3.8) is 0 Å². The highest BCUT2D eigenvalue weighted by molar-refractivity contribution is 5.71. The lowest BCUT2D eigenvalue weighted by molar-refractivity contribution is -0.167. The van der Waals surface area contributed by atoms with Crippen molar-refractivity contribution in [3.8, 4) is 0 Å². The van der Waals surface area contributed by atoms with Crippen LogP contribution < -0.4 is 0 Å². The highest BCUT2D eigenvalue weighted by Crippen LogP contribution is 2.18. The molecule has 0 saturated heterocycles. The number of unbranched alkanes of at least 4 members (excludes halogenated alkanes) is 43. The molecule has 0 rings (SSSR count). The van der Waals surface area contributed by atoms with E-state index in [2.05, 4.69) is 45.1 Å². The summed E-state index contributed by atoms with van der Waals surface area (Å²) in [6, 6.07) is 0. The topological polar surface area (TPSA) is 78.9 Å². The number of carbonyl (C=O) groups excluding carboxylic acids is 3. The van der Waals surface area contributed by atoms with Gasteiger partial charge in [0.1, 0.15) is 13.2 Å². The van der Waals surface area contributed by atoms with Crippen molar-refractivity contribution in [2.24, 2.45) is 0 Å². The zero-order valence-corrected chi connectivity index (χ0v) is 47.3. The van der Waals surface area contributed by atoms with Crippen LogP contribution in [-0.2, 0) is 28.6 Å². The number of allylic oxidation sites excluding steroid dienone is 4. The molecule has 1 unspecified atom stereocenters. The Morgan fingerprint density at radius 2 is 0.529 bits per heavy atom. The first-order valence-electron chi connectivity index (χ1n) is 31.3. The largest absolute Gasteiger partial charge is 0.462 e. The number of rotatable bonds is 58. The van der Waals surface area contributed by atoms with Crippen molar-refractivity contribution in [2.75, 3.05) is 13.2 Å². The lowest BCUT2D eigenvalue weighted by Gasteiger charge is -2.18. The average Bonchev–Trinajstić information content (AvgIpc) is 3.36. The first kappa shape index (κ1) is 67.9. The highest BCUT2D eigenvalue weighted by Gasteiger charge is 2.19. The molecule has 0 N–H and O–H groups in total. The molecule has 0 aliphatic carbocycles. The molecule has 6 nitrogen and oxygen atoms in total. The van der Waals surface area contributed by atoms with Crippen molar-refractivity contribution < 1.29 is 28.6 Å². The average molecular weight is 986 g/mol. The molecule has 0 amide bonds. The van der Waals surface area contributed by atoms with E-state index in [1.165, 1.54) is 225 Å². The molecule has 6 heteroatoms. The van der Waals surface area contributed by atoms with E-state index in [1.807, 2.05) is 0 Å². The maximum absolute atomic E-state index is 12.8. The van der Waals surface area contributed by atoms with Crippen LogP contribution in [0.4, 0.5) is 0 Å². The van der Waals surface area contributed by atoms with Gasteiger partial charge in [0.15, 0.2) is 6.10 Å². The van der Waals surface area contributed by atoms with E-state index in [9.17, 15) is 14.4 Å². The predicted molar refractivity (Wildman–Crippen MR) is 303 cm³/mol. The fraction of sp³-hybridized carbons (Fsp3) is 0.891. The summed E-state index contributed by atoms with van der Waals surface area (Å²) < 4.78 is 16.9. The summed E-state index contributed by atoms with van der Waals surface area (Å²) in [5, 5.41) is 0. The summed E-state index contributed by atoms with van der Waals surface area (Å²) in [5.41, 5.74) is 0. The predicted octanol–water partition coefficient (Wildman–Crippen LogP) is 21.1. The van der Waals surface area contributed by atoms with Gasteiger partial charge in [0.2, 0.25) is 0 Å². The summed E-state index contributed by atoms with van der Waals surface area (Å²) >= 11 is 0. The van der Waals surface area contributed by atoms with Gasteiger partial charge in [-0.05, 0) is 44.9 Å². The van der Waals surface area contributed by atoms with Crippen molar-refractivity contribution >= 4 is 17.9 Å². The van der Waals surface area contributed by atoms with Crippen LogP contribution in [0.25, 0.3) is 0 Å². The van der Waals surface area contributed by atoms with Gasteiger partial charge in [-0.3, -0.25) is 14.4 Å². The van der Waals surface area contributed by atoms with Crippen LogP contribution in [0, 0.1) is 0 Å². The molecule has 0 aromatic heterocycles. The normalized spacial score (nSPS) is 12.1. The summed E-state index contributed by atoms with van der Waals surface area (Å²) in [4.78, 5) is 38.1. The molecule has 0 aromatic carbocycles. The molecule has 0 fully saturated rings. The van der Waals surface area contributed by atoms with Crippen molar-refractivity contribution in [2.45, 2.75) is 354 Å². The van der Waals surface area contributed by atoms with E-state index in [4.69, 9.17) is 14.2 Å². The second kappa shape index (κ2) is 59.5. The molecule has 0 radical (unpaired) electrons. The van der Waals surface area contributed by atoms with Crippen molar-refractivity contribution in [1.29, 1.82) is 0 Å². The van der Waals surface area contributed by atoms with Gasteiger partial charge >= 0.3 is 17.9 Å². The third kappa shape index (κ3) is 56.8. The van der Waals surface area contributed by atoms with Gasteiger partial charge in [0, 0.05) is 19.3 Å². The molecule has 0 aliphatic rings. The lowest BCUT2D eigenvalue weighted by Crippen LogP contribution is -2.30.